The van der Waals surface area contributed by atoms with Gasteiger partial charge in [-0.25, -0.2) is 9.07 Å². The maximum atomic E-state index is 13.3. The Kier molecular flexibility index (Phi) is 3.56. The second-order valence-electron chi connectivity index (χ2n) is 5.25. The van der Waals surface area contributed by atoms with Crippen molar-refractivity contribution in [3.05, 3.63) is 40.3 Å². The molecule has 0 atom stereocenters. The highest BCUT2D eigenvalue weighted by Crippen LogP contribution is 2.37. The minimum absolute atomic E-state index is 0.00308. The molecule has 0 spiro atoms. The summed E-state index contributed by atoms with van der Waals surface area (Å²) in [6.45, 7) is 0. The number of nitrogens with two attached hydrogens (primary N) is 1. The number of hydrogen-bond donors (Lipinski definition) is 1. The fourth-order valence-electron chi connectivity index (χ4n) is 2.86. The van der Waals surface area contributed by atoms with E-state index in [0.717, 1.165) is 31.4 Å². The lowest BCUT2D eigenvalue weighted by Gasteiger charge is -2.06. The van der Waals surface area contributed by atoms with Gasteiger partial charge in [0.05, 0.1) is 16.4 Å². The van der Waals surface area contributed by atoms with Crippen LogP contribution in [0.3, 0.4) is 0 Å². The first-order valence-corrected chi connectivity index (χ1v) is 7.23. The molecule has 1 heterocycles. The van der Waals surface area contributed by atoms with E-state index in [1.54, 1.807) is 6.07 Å². The van der Waals surface area contributed by atoms with Crippen molar-refractivity contribution in [2.24, 2.45) is 0 Å². The minimum atomic E-state index is -0.498. The molecule has 6 heteroatoms. The Morgan fingerprint density at radius 1 is 1.38 bits per heavy atom. The van der Waals surface area contributed by atoms with Gasteiger partial charge in [0.25, 0.3) is 0 Å². The summed E-state index contributed by atoms with van der Waals surface area (Å²) in [4.78, 5) is 0. The highest BCUT2D eigenvalue weighted by Gasteiger charge is 2.26. The van der Waals surface area contributed by atoms with Crippen molar-refractivity contribution in [1.82, 2.24) is 9.78 Å². The zero-order valence-electron chi connectivity index (χ0n) is 11.3. The average Bonchev–Trinajstić information content (AvgIpc) is 3.09. The number of nitrogens with zero attached hydrogens (tertiary/aromatic N) is 3. The molecule has 1 aromatic carbocycles. The number of anilines is 1. The standard InChI is InChI=1S/C15H14ClFN4/c16-12-7-10(5-6-13(12)17)21-15(19)11(8-18)14(20-21)9-3-1-2-4-9/h5-7,9H,1-4,19H2. The number of benzene rings is 1. The fraction of sp³-hybridized carbons (Fsp3) is 0.333. The Labute approximate surface area is 126 Å². The number of rotatable bonds is 2. The van der Waals surface area contributed by atoms with E-state index >= 15 is 0 Å². The molecule has 2 aromatic rings. The van der Waals surface area contributed by atoms with Crippen LogP contribution in [0.4, 0.5) is 10.2 Å². The third kappa shape index (κ3) is 2.36. The Balaban J connectivity index is 2.10. The summed E-state index contributed by atoms with van der Waals surface area (Å²) in [5.74, 6) is 0.0591. The number of halogens is 2. The number of nitriles is 1. The van der Waals surface area contributed by atoms with Gasteiger partial charge in [0.1, 0.15) is 23.3 Å². The van der Waals surface area contributed by atoms with Crippen LogP contribution in [0.2, 0.25) is 5.02 Å². The van der Waals surface area contributed by atoms with Crippen molar-refractivity contribution in [3.63, 3.8) is 0 Å². The van der Waals surface area contributed by atoms with Crippen molar-refractivity contribution in [2.45, 2.75) is 31.6 Å². The lowest BCUT2D eigenvalue weighted by Crippen LogP contribution is -2.03. The smallest absolute Gasteiger partial charge is 0.145 e. The van der Waals surface area contributed by atoms with Gasteiger partial charge in [0.15, 0.2) is 0 Å². The van der Waals surface area contributed by atoms with Crippen LogP contribution >= 0.6 is 11.6 Å². The number of nitrogen functional groups attached to an aromatic ring is 1. The zero-order chi connectivity index (χ0) is 15.0. The monoisotopic (exact) mass is 304 g/mol. The summed E-state index contributed by atoms with van der Waals surface area (Å²) in [7, 11) is 0. The van der Waals surface area contributed by atoms with Crippen molar-refractivity contribution >= 4 is 17.4 Å². The minimum Gasteiger partial charge on any atom is -0.382 e. The predicted molar refractivity (Wildman–Crippen MR) is 78.9 cm³/mol. The van der Waals surface area contributed by atoms with Gasteiger partial charge in [-0.2, -0.15) is 10.4 Å². The summed E-state index contributed by atoms with van der Waals surface area (Å²) in [6, 6.07) is 6.41. The van der Waals surface area contributed by atoms with Crippen LogP contribution in [0.5, 0.6) is 0 Å². The van der Waals surface area contributed by atoms with Crippen molar-refractivity contribution < 1.29 is 4.39 Å². The first-order valence-electron chi connectivity index (χ1n) is 6.85. The molecule has 0 amide bonds. The summed E-state index contributed by atoms with van der Waals surface area (Å²) < 4.78 is 14.7. The van der Waals surface area contributed by atoms with Gasteiger partial charge < -0.3 is 5.73 Å². The van der Waals surface area contributed by atoms with Crippen LogP contribution in [0.1, 0.15) is 42.9 Å². The van der Waals surface area contributed by atoms with Crippen LogP contribution in [-0.4, -0.2) is 9.78 Å². The highest BCUT2D eigenvalue weighted by molar-refractivity contribution is 6.30. The largest absolute Gasteiger partial charge is 0.382 e. The van der Waals surface area contributed by atoms with E-state index in [1.807, 2.05) is 0 Å². The summed E-state index contributed by atoms with van der Waals surface area (Å²) in [5, 5.41) is 13.8. The topological polar surface area (TPSA) is 67.6 Å². The molecule has 4 nitrogen and oxygen atoms in total. The van der Waals surface area contributed by atoms with E-state index in [1.165, 1.54) is 16.8 Å². The van der Waals surface area contributed by atoms with Gasteiger partial charge >= 0.3 is 0 Å². The molecule has 0 unspecified atom stereocenters. The van der Waals surface area contributed by atoms with E-state index in [-0.39, 0.29) is 16.8 Å². The Morgan fingerprint density at radius 3 is 2.71 bits per heavy atom. The number of hydrogen-bond acceptors (Lipinski definition) is 3. The molecule has 2 N–H and O–H groups in total. The van der Waals surface area contributed by atoms with E-state index in [2.05, 4.69) is 11.2 Å². The summed E-state index contributed by atoms with van der Waals surface area (Å²) >= 11 is 5.80. The molecule has 0 radical (unpaired) electrons. The normalized spacial score (nSPS) is 15.3. The first-order chi connectivity index (χ1) is 10.1. The lowest BCUT2D eigenvalue weighted by atomic mass is 10.0. The molecule has 21 heavy (non-hydrogen) atoms. The molecule has 1 fully saturated rings. The second kappa shape index (κ2) is 5.38. The molecule has 108 valence electrons. The summed E-state index contributed by atoms with van der Waals surface area (Å²) in [5.41, 5.74) is 7.76. The molecule has 1 saturated carbocycles. The Hall–Kier alpha value is -2.06. The molecule has 1 aliphatic rings. The number of aromatic nitrogens is 2. The van der Waals surface area contributed by atoms with Crippen molar-refractivity contribution in [1.29, 1.82) is 5.26 Å². The maximum absolute atomic E-state index is 13.3. The first kappa shape index (κ1) is 13.9. The van der Waals surface area contributed by atoms with Gasteiger partial charge in [0, 0.05) is 5.92 Å². The third-order valence-corrected chi connectivity index (χ3v) is 4.24. The van der Waals surface area contributed by atoms with Gasteiger partial charge in [0.2, 0.25) is 0 Å². The zero-order valence-corrected chi connectivity index (χ0v) is 12.1. The van der Waals surface area contributed by atoms with E-state index in [4.69, 9.17) is 17.3 Å². The van der Waals surface area contributed by atoms with E-state index in [0.29, 0.717) is 11.3 Å². The van der Waals surface area contributed by atoms with Gasteiger partial charge in [-0.15, -0.1) is 0 Å². The predicted octanol–water partition coefficient (Wildman–Crippen LogP) is 3.78. The van der Waals surface area contributed by atoms with Crippen LogP contribution in [0.25, 0.3) is 5.69 Å². The van der Waals surface area contributed by atoms with E-state index < -0.39 is 5.82 Å². The van der Waals surface area contributed by atoms with Crippen LogP contribution in [0, 0.1) is 17.1 Å². The molecular weight excluding hydrogens is 291 g/mol. The van der Waals surface area contributed by atoms with Crippen LogP contribution in [-0.2, 0) is 0 Å². The SMILES string of the molecule is N#Cc1c(C2CCCC2)nn(-c2ccc(F)c(Cl)c2)c1N. The van der Waals surface area contributed by atoms with Gasteiger partial charge in [-0.1, -0.05) is 24.4 Å². The van der Waals surface area contributed by atoms with Crippen LogP contribution < -0.4 is 5.73 Å². The van der Waals surface area contributed by atoms with Gasteiger partial charge in [-0.3, -0.25) is 0 Å². The molecule has 0 bridgehead atoms. The average molecular weight is 305 g/mol. The molecule has 0 aliphatic heterocycles. The lowest BCUT2D eigenvalue weighted by molar-refractivity contribution is 0.627. The van der Waals surface area contributed by atoms with Crippen molar-refractivity contribution in [3.8, 4) is 11.8 Å². The molecule has 3 rings (SSSR count). The fourth-order valence-corrected chi connectivity index (χ4v) is 3.04. The quantitative estimate of drug-likeness (QED) is 0.918. The third-order valence-electron chi connectivity index (χ3n) is 3.95. The second-order valence-corrected chi connectivity index (χ2v) is 5.66. The Morgan fingerprint density at radius 2 is 2.10 bits per heavy atom. The van der Waals surface area contributed by atoms with Crippen molar-refractivity contribution in [2.75, 3.05) is 5.73 Å². The maximum Gasteiger partial charge on any atom is 0.145 e. The molecule has 0 saturated heterocycles. The molecule has 1 aromatic heterocycles. The summed E-state index contributed by atoms with van der Waals surface area (Å²) in [6.07, 6.45) is 4.33. The Bertz CT molecular complexity index is 726. The molecular formula is C15H14ClFN4. The van der Waals surface area contributed by atoms with E-state index in [9.17, 15) is 9.65 Å². The highest BCUT2D eigenvalue weighted by atomic mass is 35.5. The van der Waals surface area contributed by atoms with Gasteiger partial charge in [-0.05, 0) is 31.0 Å². The molecule has 1 aliphatic carbocycles. The van der Waals surface area contributed by atoms with Crippen LogP contribution in [0.15, 0.2) is 18.2 Å².